The Bertz CT molecular complexity index is 850. The van der Waals surface area contributed by atoms with Crippen molar-refractivity contribution in [2.75, 3.05) is 18.7 Å². The van der Waals surface area contributed by atoms with E-state index in [0.717, 1.165) is 0 Å². The van der Waals surface area contributed by atoms with Gasteiger partial charge in [-0.15, -0.1) is 5.10 Å². The second-order valence-corrected chi connectivity index (χ2v) is 6.63. The van der Waals surface area contributed by atoms with Gasteiger partial charge in [-0.1, -0.05) is 47.1 Å². The molecule has 6 nitrogen and oxygen atoms in total. The Hall–Kier alpha value is -1.70. The SMILES string of the molecule is COC(=O)C1=C(C)Nc2nc(SC)nn2C1c1cccc(Cl)c1Cl. The first-order valence-electron chi connectivity index (χ1n) is 6.98. The number of carbonyl (C=O) groups excluding carboxylic acids is 1. The molecule has 0 radical (unpaired) electrons. The van der Waals surface area contributed by atoms with Gasteiger partial charge >= 0.3 is 5.97 Å². The summed E-state index contributed by atoms with van der Waals surface area (Å²) in [6.45, 7) is 1.79. The van der Waals surface area contributed by atoms with Crippen LogP contribution in [0.3, 0.4) is 0 Å². The van der Waals surface area contributed by atoms with Gasteiger partial charge < -0.3 is 10.1 Å². The lowest BCUT2D eigenvalue weighted by atomic mass is 9.96. The van der Waals surface area contributed by atoms with Gasteiger partial charge in [0, 0.05) is 11.3 Å². The van der Waals surface area contributed by atoms with Crippen molar-refractivity contribution in [2.45, 2.75) is 18.1 Å². The molecule has 2 heterocycles. The van der Waals surface area contributed by atoms with E-state index in [1.54, 1.807) is 23.7 Å². The lowest BCUT2D eigenvalue weighted by molar-refractivity contribution is -0.136. The fraction of sp³-hybridized carbons (Fsp3) is 0.267. The van der Waals surface area contributed by atoms with Crippen LogP contribution < -0.4 is 5.32 Å². The van der Waals surface area contributed by atoms with E-state index < -0.39 is 12.0 Å². The van der Waals surface area contributed by atoms with Crippen molar-refractivity contribution < 1.29 is 9.53 Å². The predicted molar refractivity (Wildman–Crippen MR) is 94.7 cm³/mol. The Morgan fingerprint density at radius 2 is 2.17 bits per heavy atom. The first-order valence-corrected chi connectivity index (χ1v) is 8.96. The molecule has 0 saturated heterocycles. The zero-order valence-electron chi connectivity index (χ0n) is 13.1. The molecule has 1 aliphatic rings. The molecule has 1 atom stereocenters. The number of ether oxygens (including phenoxy) is 1. The van der Waals surface area contributed by atoms with Crippen molar-refractivity contribution in [1.82, 2.24) is 14.8 Å². The van der Waals surface area contributed by atoms with Gasteiger partial charge in [0.15, 0.2) is 0 Å². The number of esters is 1. The summed E-state index contributed by atoms with van der Waals surface area (Å²) in [7, 11) is 1.34. The van der Waals surface area contributed by atoms with E-state index in [1.165, 1.54) is 18.9 Å². The molecule has 2 aromatic rings. The number of halogens is 2. The van der Waals surface area contributed by atoms with Crippen LogP contribution in [0.4, 0.5) is 5.95 Å². The van der Waals surface area contributed by atoms with E-state index in [2.05, 4.69) is 15.4 Å². The summed E-state index contributed by atoms with van der Waals surface area (Å²) >= 11 is 14.0. The van der Waals surface area contributed by atoms with Crippen molar-refractivity contribution in [3.05, 3.63) is 45.1 Å². The van der Waals surface area contributed by atoms with Gasteiger partial charge in [-0.2, -0.15) is 4.98 Å². The fourth-order valence-corrected chi connectivity index (χ4v) is 3.37. The maximum absolute atomic E-state index is 12.4. The molecule has 1 N–H and O–H groups in total. The highest BCUT2D eigenvalue weighted by molar-refractivity contribution is 7.98. The minimum absolute atomic E-state index is 0.368. The fourth-order valence-electron chi connectivity index (χ4n) is 2.61. The van der Waals surface area contributed by atoms with Gasteiger partial charge in [0.05, 0.1) is 22.7 Å². The van der Waals surface area contributed by atoms with Gasteiger partial charge in [-0.25, -0.2) is 9.48 Å². The first-order chi connectivity index (χ1) is 11.5. The smallest absolute Gasteiger partial charge is 0.338 e. The lowest BCUT2D eigenvalue weighted by Crippen LogP contribution is -2.29. The predicted octanol–water partition coefficient (Wildman–Crippen LogP) is 3.77. The highest BCUT2D eigenvalue weighted by Crippen LogP contribution is 2.40. The molecular formula is C15H14Cl2N4O2S. The molecule has 1 unspecified atom stereocenters. The van der Waals surface area contributed by atoms with Crippen LogP contribution in [-0.4, -0.2) is 34.1 Å². The minimum Gasteiger partial charge on any atom is -0.466 e. The summed E-state index contributed by atoms with van der Waals surface area (Å²) in [5.74, 6) is 0.0680. The number of nitrogens with one attached hydrogen (secondary N) is 1. The third kappa shape index (κ3) is 2.76. The molecule has 3 rings (SSSR count). The minimum atomic E-state index is -0.576. The van der Waals surface area contributed by atoms with Crippen LogP contribution in [0.25, 0.3) is 0 Å². The molecule has 1 aromatic carbocycles. The Balaban J connectivity index is 2.26. The van der Waals surface area contributed by atoms with Crippen LogP contribution in [-0.2, 0) is 9.53 Å². The summed E-state index contributed by atoms with van der Waals surface area (Å²) in [5, 5.41) is 8.91. The molecular weight excluding hydrogens is 371 g/mol. The summed E-state index contributed by atoms with van der Waals surface area (Å²) in [4.78, 5) is 16.8. The Labute approximate surface area is 153 Å². The van der Waals surface area contributed by atoms with Crippen LogP contribution in [0.15, 0.2) is 34.6 Å². The van der Waals surface area contributed by atoms with Crippen molar-refractivity contribution >= 4 is 46.9 Å². The Morgan fingerprint density at radius 1 is 1.42 bits per heavy atom. The van der Waals surface area contributed by atoms with Gasteiger partial charge in [-0.3, -0.25) is 0 Å². The zero-order chi connectivity index (χ0) is 17.4. The highest BCUT2D eigenvalue weighted by Gasteiger charge is 2.36. The average Bonchev–Trinajstić information content (AvgIpc) is 2.98. The summed E-state index contributed by atoms with van der Waals surface area (Å²) in [6.07, 6.45) is 1.88. The number of rotatable bonds is 3. The van der Waals surface area contributed by atoms with Gasteiger partial charge in [0.25, 0.3) is 0 Å². The molecule has 0 amide bonds. The van der Waals surface area contributed by atoms with E-state index in [1.807, 2.05) is 12.3 Å². The molecule has 126 valence electrons. The number of methoxy groups -OCH3 is 1. The van der Waals surface area contributed by atoms with E-state index in [4.69, 9.17) is 27.9 Å². The number of hydrogen-bond donors (Lipinski definition) is 1. The maximum atomic E-state index is 12.4. The van der Waals surface area contributed by atoms with E-state index in [0.29, 0.717) is 38.0 Å². The number of aromatic nitrogens is 3. The van der Waals surface area contributed by atoms with Crippen LogP contribution in [0.1, 0.15) is 18.5 Å². The number of allylic oxidation sites excluding steroid dienone is 1. The van der Waals surface area contributed by atoms with Crippen LogP contribution >= 0.6 is 35.0 Å². The second kappa shape index (κ2) is 6.66. The van der Waals surface area contributed by atoms with E-state index >= 15 is 0 Å². The standard InChI is InChI=1S/C15H14Cl2N4O2S/c1-7-10(13(22)23-2)12(8-5-4-6-9(16)11(8)17)21-14(18-7)19-15(20-21)24-3/h4-6,12H,1-3H3,(H,18,19,20). The monoisotopic (exact) mass is 384 g/mol. The number of fused-ring (bicyclic) bond motifs is 1. The summed E-state index contributed by atoms with van der Waals surface area (Å²) in [6, 6.07) is 4.71. The molecule has 0 spiro atoms. The number of carbonyl (C=O) groups is 1. The first kappa shape index (κ1) is 17.1. The molecule has 1 aromatic heterocycles. The third-order valence-electron chi connectivity index (χ3n) is 3.70. The molecule has 0 fully saturated rings. The Morgan fingerprint density at radius 3 is 2.83 bits per heavy atom. The number of thioether (sulfide) groups is 1. The Kier molecular flexibility index (Phi) is 4.76. The summed E-state index contributed by atoms with van der Waals surface area (Å²) in [5.41, 5.74) is 1.70. The van der Waals surface area contributed by atoms with Crippen molar-refractivity contribution in [3.63, 3.8) is 0 Å². The highest BCUT2D eigenvalue weighted by atomic mass is 35.5. The second-order valence-electron chi connectivity index (χ2n) is 5.07. The largest absolute Gasteiger partial charge is 0.466 e. The maximum Gasteiger partial charge on any atom is 0.338 e. The molecule has 24 heavy (non-hydrogen) atoms. The quantitative estimate of drug-likeness (QED) is 0.641. The molecule has 1 aliphatic heterocycles. The van der Waals surface area contributed by atoms with Gasteiger partial charge in [-0.05, 0) is 19.2 Å². The van der Waals surface area contributed by atoms with Crippen molar-refractivity contribution in [3.8, 4) is 0 Å². The number of anilines is 1. The zero-order valence-corrected chi connectivity index (χ0v) is 15.5. The molecule has 9 heteroatoms. The number of nitrogens with zero attached hydrogens (tertiary/aromatic N) is 3. The topological polar surface area (TPSA) is 69.0 Å². The normalized spacial score (nSPS) is 16.6. The van der Waals surface area contributed by atoms with Gasteiger partial charge in [0.1, 0.15) is 6.04 Å². The van der Waals surface area contributed by atoms with E-state index in [-0.39, 0.29) is 0 Å². The molecule has 0 bridgehead atoms. The van der Waals surface area contributed by atoms with Crippen LogP contribution in [0.2, 0.25) is 10.0 Å². The number of benzene rings is 1. The lowest BCUT2D eigenvalue weighted by Gasteiger charge is -2.28. The van der Waals surface area contributed by atoms with Crippen molar-refractivity contribution in [2.24, 2.45) is 0 Å². The average molecular weight is 385 g/mol. The van der Waals surface area contributed by atoms with Crippen molar-refractivity contribution in [1.29, 1.82) is 0 Å². The summed E-state index contributed by atoms with van der Waals surface area (Å²) < 4.78 is 6.58. The van der Waals surface area contributed by atoms with E-state index in [9.17, 15) is 4.79 Å². The molecule has 0 aliphatic carbocycles. The third-order valence-corrected chi connectivity index (χ3v) is 5.07. The van der Waals surface area contributed by atoms with Gasteiger partial charge in [0.2, 0.25) is 11.1 Å². The number of hydrogen-bond acceptors (Lipinski definition) is 6. The van der Waals surface area contributed by atoms with Crippen LogP contribution in [0.5, 0.6) is 0 Å². The van der Waals surface area contributed by atoms with Crippen LogP contribution in [0, 0.1) is 0 Å². The molecule has 0 saturated carbocycles.